The van der Waals surface area contributed by atoms with E-state index >= 15 is 0 Å². The fourth-order valence-corrected chi connectivity index (χ4v) is 0.967. The number of halogens is 2. The molecule has 4 heteroatoms. The highest BCUT2D eigenvalue weighted by atomic mass is 35.5. The Morgan fingerprint density at radius 1 is 1.45 bits per heavy atom. The predicted molar refractivity (Wildman–Crippen MR) is 39.0 cm³/mol. The van der Waals surface area contributed by atoms with Crippen molar-refractivity contribution in [1.29, 1.82) is 0 Å². The normalized spacial score (nSPS) is 10.1. The van der Waals surface area contributed by atoms with E-state index in [4.69, 9.17) is 21.8 Å². The lowest BCUT2D eigenvalue weighted by Crippen LogP contribution is -1.87. The van der Waals surface area contributed by atoms with E-state index in [0.29, 0.717) is 0 Å². The number of benzene rings is 1. The quantitative estimate of drug-likeness (QED) is 0.684. The maximum absolute atomic E-state index is 12.6. The lowest BCUT2D eigenvalue weighted by Gasteiger charge is -2.01. The summed E-state index contributed by atoms with van der Waals surface area (Å²) in [6.45, 7) is -0.427. The van der Waals surface area contributed by atoms with Gasteiger partial charge in [0.25, 0.3) is 0 Å². The van der Waals surface area contributed by atoms with Crippen molar-refractivity contribution in [3.05, 3.63) is 28.5 Å². The Bertz CT molecular complexity index is 275. The standard InChI is InChI=1S/C7H6ClFO2/c8-5-1-4(3-10)7(11)6(9)2-5/h1-2,10-11H,3H2. The zero-order valence-corrected chi connectivity index (χ0v) is 6.27. The second-order valence-corrected chi connectivity index (χ2v) is 2.49. The fraction of sp³-hybridized carbons (Fsp3) is 0.143. The maximum Gasteiger partial charge on any atom is 0.166 e. The van der Waals surface area contributed by atoms with Gasteiger partial charge in [0.1, 0.15) is 0 Å². The first kappa shape index (κ1) is 8.30. The minimum absolute atomic E-state index is 0.0926. The molecular formula is C7H6ClFO2. The Kier molecular flexibility index (Phi) is 2.31. The minimum Gasteiger partial charge on any atom is -0.505 e. The summed E-state index contributed by atoms with van der Waals surface area (Å²) in [4.78, 5) is 0. The van der Waals surface area contributed by atoms with Crippen LogP contribution in [-0.2, 0) is 6.61 Å². The number of aliphatic hydroxyl groups is 1. The first-order chi connectivity index (χ1) is 5.15. The van der Waals surface area contributed by atoms with E-state index in [0.717, 1.165) is 6.07 Å². The van der Waals surface area contributed by atoms with Gasteiger partial charge in [-0.15, -0.1) is 0 Å². The van der Waals surface area contributed by atoms with Crippen molar-refractivity contribution in [2.24, 2.45) is 0 Å². The monoisotopic (exact) mass is 176 g/mol. The van der Waals surface area contributed by atoms with Gasteiger partial charge in [0.2, 0.25) is 0 Å². The van der Waals surface area contributed by atoms with Crippen LogP contribution in [0.3, 0.4) is 0 Å². The van der Waals surface area contributed by atoms with Crippen molar-refractivity contribution >= 4 is 11.6 Å². The molecule has 0 amide bonds. The van der Waals surface area contributed by atoms with Crippen LogP contribution in [0.25, 0.3) is 0 Å². The van der Waals surface area contributed by atoms with Gasteiger partial charge in [0, 0.05) is 10.6 Å². The molecule has 0 spiro atoms. The van der Waals surface area contributed by atoms with E-state index in [1.165, 1.54) is 6.07 Å². The molecule has 0 atom stereocenters. The molecule has 0 aliphatic heterocycles. The Morgan fingerprint density at radius 2 is 2.09 bits per heavy atom. The highest BCUT2D eigenvalue weighted by Crippen LogP contribution is 2.25. The fourth-order valence-electron chi connectivity index (χ4n) is 0.740. The average Bonchev–Trinajstić information content (AvgIpc) is 1.96. The summed E-state index contributed by atoms with van der Waals surface area (Å²) in [5.74, 6) is -1.36. The molecule has 1 aromatic rings. The van der Waals surface area contributed by atoms with Gasteiger partial charge in [-0.2, -0.15) is 0 Å². The summed E-state index contributed by atoms with van der Waals surface area (Å²) in [7, 11) is 0. The van der Waals surface area contributed by atoms with E-state index in [2.05, 4.69) is 0 Å². The van der Waals surface area contributed by atoms with E-state index in [1.54, 1.807) is 0 Å². The second kappa shape index (κ2) is 3.07. The van der Waals surface area contributed by atoms with Gasteiger partial charge < -0.3 is 10.2 Å². The first-order valence-corrected chi connectivity index (χ1v) is 3.30. The third-order valence-electron chi connectivity index (χ3n) is 1.28. The molecule has 11 heavy (non-hydrogen) atoms. The van der Waals surface area contributed by atoms with Gasteiger partial charge in [-0.3, -0.25) is 0 Å². The molecule has 1 aromatic carbocycles. The van der Waals surface area contributed by atoms with Crippen LogP contribution in [0.1, 0.15) is 5.56 Å². The molecule has 60 valence electrons. The van der Waals surface area contributed by atoms with Crippen molar-refractivity contribution in [1.82, 2.24) is 0 Å². The van der Waals surface area contributed by atoms with Gasteiger partial charge in [-0.1, -0.05) is 11.6 Å². The van der Waals surface area contributed by atoms with Crippen molar-refractivity contribution in [2.45, 2.75) is 6.61 Å². The number of aliphatic hydroxyl groups excluding tert-OH is 1. The van der Waals surface area contributed by atoms with E-state index in [1.807, 2.05) is 0 Å². The zero-order chi connectivity index (χ0) is 8.43. The lowest BCUT2D eigenvalue weighted by atomic mass is 10.2. The van der Waals surface area contributed by atoms with Crippen molar-refractivity contribution in [3.63, 3.8) is 0 Å². The number of phenols is 1. The predicted octanol–water partition coefficient (Wildman–Crippen LogP) is 1.68. The van der Waals surface area contributed by atoms with E-state index in [-0.39, 0.29) is 10.6 Å². The smallest absolute Gasteiger partial charge is 0.166 e. The van der Waals surface area contributed by atoms with Crippen LogP contribution < -0.4 is 0 Å². The van der Waals surface area contributed by atoms with Crippen LogP contribution in [-0.4, -0.2) is 10.2 Å². The zero-order valence-electron chi connectivity index (χ0n) is 5.51. The summed E-state index contributed by atoms with van der Waals surface area (Å²) in [6.07, 6.45) is 0. The van der Waals surface area contributed by atoms with E-state index < -0.39 is 18.2 Å². The van der Waals surface area contributed by atoms with Gasteiger partial charge in [0.15, 0.2) is 11.6 Å². The topological polar surface area (TPSA) is 40.5 Å². The van der Waals surface area contributed by atoms with Crippen LogP contribution >= 0.6 is 11.6 Å². The van der Waals surface area contributed by atoms with Crippen molar-refractivity contribution in [3.8, 4) is 5.75 Å². The molecule has 0 saturated carbocycles. The number of hydrogen-bond donors (Lipinski definition) is 2. The molecule has 0 heterocycles. The van der Waals surface area contributed by atoms with Gasteiger partial charge in [-0.25, -0.2) is 4.39 Å². The van der Waals surface area contributed by atoms with E-state index in [9.17, 15) is 4.39 Å². The molecule has 0 aromatic heterocycles. The molecule has 0 saturated heterocycles. The third kappa shape index (κ3) is 1.61. The van der Waals surface area contributed by atoms with Crippen molar-refractivity contribution < 1.29 is 14.6 Å². The number of aromatic hydroxyl groups is 1. The van der Waals surface area contributed by atoms with Crippen molar-refractivity contribution in [2.75, 3.05) is 0 Å². The molecular weight excluding hydrogens is 171 g/mol. The van der Waals surface area contributed by atoms with Crippen LogP contribution in [0.15, 0.2) is 12.1 Å². The number of hydrogen-bond acceptors (Lipinski definition) is 2. The highest BCUT2D eigenvalue weighted by molar-refractivity contribution is 6.30. The molecule has 0 unspecified atom stereocenters. The summed E-state index contributed by atoms with van der Waals surface area (Å²) in [6, 6.07) is 2.29. The third-order valence-corrected chi connectivity index (χ3v) is 1.50. The first-order valence-electron chi connectivity index (χ1n) is 2.93. The Labute approximate surface area is 67.9 Å². The van der Waals surface area contributed by atoms with Crippen LogP contribution in [0, 0.1) is 5.82 Å². The average molecular weight is 177 g/mol. The molecule has 0 fully saturated rings. The van der Waals surface area contributed by atoms with Crippen LogP contribution in [0.4, 0.5) is 4.39 Å². The SMILES string of the molecule is OCc1cc(Cl)cc(F)c1O. The van der Waals surface area contributed by atoms with Crippen LogP contribution in [0.2, 0.25) is 5.02 Å². The second-order valence-electron chi connectivity index (χ2n) is 2.05. The summed E-state index contributed by atoms with van der Waals surface area (Å²) >= 11 is 5.44. The molecule has 0 aliphatic rings. The molecule has 0 radical (unpaired) electrons. The lowest BCUT2D eigenvalue weighted by molar-refractivity contribution is 0.273. The maximum atomic E-state index is 12.6. The van der Waals surface area contributed by atoms with Gasteiger partial charge in [-0.05, 0) is 12.1 Å². The summed E-state index contributed by atoms with van der Waals surface area (Å²) < 4.78 is 12.6. The van der Waals surface area contributed by atoms with Gasteiger partial charge >= 0.3 is 0 Å². The Balaban J connectivity index is 3.24. The molecule has 0 bridgehead atoms. The highest BCUT2D eigenvalue weighted by Gasteiger charge is 2.07. The minimum atomic E-state index is -0.818. The van der Waals surface area contributed by atoms with Gasteiger partial charge in [0.05, 0.1) is 6.61 Å². The molecule has 2 N–H and O–H groups in total. The Morgan fingerprint density at radius 3 is 2.64 bits per heavy atom. The molecule has 2 nitrogen and oxygen atoms in total. The molecule has 1 rings (SSSR count). The number of rotatable bonds is 1. The summed E-state index contributed by atoms with van der Waals surface area (Å²) in [5, 5.41) is 17.7. The van der Waals surface area contributed by atoms with Crippen LogP contribution in [0.5, 0.6) is 5.75 Å². The summed E-state index contributed by atoms with van der Waals surface area (Å²) in [5.41, 5.74) is 0.0926. The largest absolute Gasteiger partial charge is 0.505 e. The molecule has 0 aliphatic carbocycles. The Hall–Kier alpha value is -0.800.